The molecule has 20 heavy (non-hydrogen) atoms. The minimum atomic E-state index is 0.332. The molecule has 0 spiro atoms. The summed E-state index contributed by atoms with van der Waals surface area (Å²) < 4.78 is 5.08. The summed E-state index contributed by atoms with van der Waals surface area (Å²) >= 11 is 24.2. The highest BCUT2D eigenvalue weighted by Gasteiger charge is 2.11. The number of hydrogen-bond donors (Lipinski definition) is 2. The van der Waals surface area contributed by atoms with Gasteiger partial charge in [-0.05, 0) is 24.3 Å². The second kappa shape index (κ2) is 6.64. The van der Waals surface area contributed by atoms with Crippen molar-refractivity contribution in [1.82, 2.24) is 0 Å². The van der Waals surface area contributed by atoms with Gasteiger partial charge in [0.1, 0.15) is 10.8 Å². The Bertz CT molecular complexity index is 634. The Morgan fingerprint density at radius 2 is 1.45 bits per heavy atom. The van der Waals surface area contributed by atoms with Gasteiger partial charge in [0, 0.05) is 0 Å². The monoisotopic (exact) mass is 350 g/mol. The average Bonchev–Trinajstić information content (AvgIpc) is 2.44. The molecule has 2 aromatic rings. The normalized spacial score (nSPS) is 10.2. The van der Waals surface area contributed by atoms with Crippen LogP contribution < -0.4 is 15.6 Å². The third kappa shape index (κ3) is 3.18. The lowest BCUT2D eigenvalue weighted by Crippen LogP contribution is -2.09. The maximum Gasteiger partial charge on any atom is 0.139 e. The van der Waals surface area contributed by atoms with Gasteiger partial charge < -0.3 is 4.74 Å². The first-order chi connectivity index (χ1) is 9.54. The molecule has 0 aliphatic heterocycles. The Kier molecular flexibility index (Phi) is 5.11. The van der Waals surface area contributed by atoms with Crippen LogP contribution in [0.4, 0.5) is 11.4 Å². The van der Waals surface area contributed by atoms with Crippen molar-refractivity contribution in [2.24, 2.45) is 0 Å². The lowest BCUT2D eigenvalue weighted by molar-refractivity contribution is 0.415. The van der Waals surface area contributed by atoms with E-state index in [4.69, 9.17) is 51.1 Å². The van der Waals surface area contributed by atoms with Crippen LogP contribution in [0.25, 0.3) is 0 Å². The van der Waals surface area contributed by atoms with Crippen LogP contribution in [0.15, 0.2) is 30.3 Å². The van der Waals surface area contributed by atoms with E-state index >= 15 is 0 Å². The van der Waals surface area contributed by atoms with Gasteiger partial charge in [0.15, 0.2) is 0 Å². The number of rotatable bonds is 4. The first-order valence-electron chi connectivity index (χ1n) is 5.52. The Morgan fingerprint density at radius 1 is 0.800 bits per heavy atom. The Balaban J connectivity index is 2.19. The molecule has 0 aromatic heterocycles. The molecule has 7 heteroatoms. The maximum atomic E-state index is 6.14. The lowest BCUT2D eigenvalue weighted by Gasteiger charge is -2.14. The largest absolute Gasteiger partial charge is 0.495 e. The quantitative estimate of drug-likeness (QED) is 0.688. The van der Waals surface area contributed by atoms with Gasteiger partial charge in [-0.2, -0.15) is 0 Å². The van der Waals surface area contributed by atoms with E-state index in [1.165, 1.54) is 7.11 Å². The van der Waals surface area contributed by atoms with Gasteiger partial charge in [-0.3, -0.25) is 10.9 Å². The van der Waals surface area contributed by atoms with Crippen LogP contribution in [0.5, 0.6) is 5.75 Å². The molecule has 0 bridgehead atoms. The molecule has 2 N–H and O–H groups in total. The molecule has 0 heterocycles. The van der Waals surface area contributed by atoms with Crippen molar-refractivity contribution < 1.29 is 4.74 Å². The Morgan fingerprint density at radius 3 is 2.10 bits per heavy atom. The minimum absolute atomic E-state index is 0.332. The average molecular weight is 352 g/mol. The molecular formula is C13H10Cl4N2O. The molecule has 2 rings (SSSR count). The van der Waals surface area contributed by atoms with Crippen LogP contribution >= 0.6 is 46.4 Å². The molecule has 0 saturated carbocycles. The van der Waals surface area contributed by atoms with Crippen molar-refractivity contribution >= 4 is 57.8 Å². The number of nitrogens with one attached hydrogen (secondary N) is 2. The van der Waals surface area contributed by atoms with Crippen LogP contribution in [0.3, 0.4) is 0 Å². The first kappa shape index (κ1) is 15.4. The molecule has 0 amide bonds. The standard InChI is InChI=1S/C13H10Cl4N2O/c1-20-10-6-5-9(12(16)13(10)17)19-18-8-4-2-3-7(14)11(8)15/h2-6,18-19H,1H3. The number of hydrazine groups is 1. The molecule has 0 aliphatic carbocycles. The number of methoxy groups -OCH3 is 1. The van der Waals surface area contributed by atoms with Gasteiger partial charge in [-0.1, -0.05) is 52.5 Å². The third-order valence-electron chi connectivity index (χ3n) is 2.55. The zero-order chi connectivity index (χ0) is 14.7. The molecule has 0 saturated heterocycles. The van der Waals surface area contributed by atoms with E-state index in [-0.39, 0.29) is 0 Å². The summed E-state index contributed by atoms with van der Waals surface area (Å²) in [7, 11) is 1.52. The van der Waals surface area contributed by atoms with Crippen LogP contribution in [-0.4, -0.2) is 7.11 Å². The van der Waals surface area contributed by atoms with Crippen LogP contribution in [-0.2, 0) is 0 Å². The molecular weight excluding hydrogens is 342 g/mol. The molecule has 2 aromatic carbocycles. The highest BCUT2D eigenvalue weighted by molar-refractivity contribution is 6.45. The number of ether oxygens (including phenoxy) is 1. The second-order valence-electron chi connectivity index (χ2n) is 3.79. The summed E-state index contributed by atoms with van der Waals surface area (Å²) in [6, 6.07) is 8.70. The highest BCUT2D eigenvalue weighted by Crippen LogP contribution is 2.37. The van der Waals surface area contributed by atoms with Crippen molar-refractivity contribution in [2.75, 3.05) is 18.0 Å². The van der Waals surface area contributed by atoms with Gasteiger partial charge >= 0.3 is 0 Å². The van der Waals surface area contributed by atoms with Crippen molar-refractivity contribution in [3.63, 3.8) is 0 Å². The van der Waals surface area contributed by atoms with Gasteiger partial charge in [-0.15, -0.1) is 0 Å². The summed E-state index contributed by atoms with van der Waals surface area (Å²) in [4.78, 5) is 0. The first-order valence-corrected chi connectivity index (χ1v) is 7.03. The number of hydrogen-bond acceptors (Lipinski definition) is 3. The molecule has 0 unspecified atom stereocenters. The Labute approximate surface area is 136 Å². The van der Waals surface area contributed by atoms with Crippen molar-refractivity contribution in [1.29, 1.82) is 0 Å². The Hall–Kier alpha value is -1.000. The second-order valence-corrected chi connectivity index (χ2v) is 5.34. The fourth-order valence-electron chi connectivity index (χ4n) is 1.52. The van der Waals surface area contributed by atoms with E-state index in [0.717, 1.165) is 0 Å². The topological polar surface area (TPSA) is 33.3 Å². The molecule has 0 fully saturated rings. The predicted octanol–water partition coefficient (Wildman–Crippen LogP) is 5.75. The van der Waals surface area contributed by atoms with E-state index in [1.54, 1.807) is 30.3 Å². The van der Waals surface area contributed by atoms with E-state index in [9.17, 15) is 0 Å². The van der Waals surface area contributed by atoms with Crippen LogP contribution in [0, 0.1) is 0 Å². The predicted molar refractivity (Wildman–Crippen MR) is 86.7 cm³/mol. The summed E-state index contributed by atoms with van der Waals surface area (Å²) in [5, 5.41) is 1.55. The summed E-state index contributed by atoms with van der Waals surface area (Å²) in [5.74, 6) is 0.503. The van der Waals surface area contributed by atoms with E-state index in [1.807, 2.05) is 0 Å². The smallest absolute Gasteiger partial charge is 0.139 e. The maximum absolute atomic E-state index is 6.14. The highest BCUT2D eigenvalue weighted by atomic mass is 35.5. The fourth-order valence-corrected chi connectivity index (χ4v) is 2.31. The zero-order valence-corrected chi connectivity index (χ0v) is 13.3. The van der Waals surface area contributed by atoms with Gasteiger partial charge in [0.2, 0.25) is 0 Å². The summed E-state index contributed by atoms with van der Waals surface area (Å²) in [5.41, 5.74) is 7.07. The van der Waals surface area contributed by atoms with Gasteiger partial charge in [0.25, 0.3) is 0 Å². The van der Waals surface area contributed by atoms with Crippen LogP contribution in [0.1, 0.15) is 0 Å². The molecule has 0 radical (unpaired) electrons. The van der Waals surface area contributed by atoms with Crippen molar-refractivity contribution in [3.05, 3.63) is 50.4 Å². The molecule has 3 nitrogen and oxygen atoms in total. The molecule has 106 valence electrons. The van der Waals surface area contributed by atoms with Crippen LogP contribution in [0.2, 0.25) is 20.1 Å². The molecule has 0 atom stereocenters. The van der Waals surface area contributed by atoms with Gasteiger partial charge in [0.05, 0.1) is 33.6 Å². The summed E-state index contributed by atoms with van der Waals surface area (Å²) in [6.07, 6.45) is 0. The van der Waals surface area contributed by atoms with Crippen molar-refractivity contribution in [2.45, 2.75) is 0 Å². The minimum Gasteiger partial charge on any atom is -0.495 e. The summed E-state index contributed by atoms with van der Waals surface area (Å²) in [6.45, 7) is 0. The van der Waals surface area contributed by atoms with Gasteiger partial charge in [-0.25, -0.2) is 0 Å². The zero-order valence-electron chi connectivity index (χ0n) is 10.3. The fraction of sp³-hybridized carbons (Fsp3) is 0.0769. The van der Waals surface area contributed by atoms with E-state index < -0.39 is 0 Å². The molecule has 0 aliphatic rings. The number of anilines is 2. The third-order valence-corrected chi connectivity index (χ3v) is 4.23. The van der Waals surface area contributed by atoms with E-state index in [2.05, 4.69) is 10.9 Å². The van der Waals surface area contributed by atoms with Crippen molar-refractivity contribution in [3.8, 4) is 5.75 Å². The number of halogens is 4. The number of benzene rings is 2. The van der Waals surface area contributed by atoms with E-state index in [0.29, 0.717) is 37.2 Å². The lowest BCUT2D eigenvalue weighted by atomic mass is 10.3. The SMILES string of the molecule is COc1ccc(NNc2cccc(Cl)c2Cl)c(Cl)c1Cl.